The summed E-state index contributed by atoms with van der Waals surface area (Å²) in [6.07, 6.45) is 3.57. The fraction of sp³-hybridized carbons (Fsp3) is 0. The van der Waals surface area contributed by atoms with Gasteiger partial charge in [-0.25, -0.2) is 0 Å². The molecule has 0 aliphatic rings. The highest BCUT2D eigenvalue weighted by atomic mass is 16.5. The molecule has 2 heteroatoms. The molecule has 0 saturated carbocycles. The maximum Gasteiger partial charge on any atom is 0.134 e. The Labute approximate surface area is 189 Å². The highest BCUT2D eigenvalue weighted by Crippen LogP contribution is 2.31. The lowest BCUT2D eigenvalue weighted by Crippen LogP contribution is -1.90. The van der Waals surface area contributed by atoms with Crippen LogP contribution in [0.5, 0.6) is 23.0 Å². The maximum atomic E-state index is 6.01. The van der Waals surface area contributed by atoms with Gasteiger partial charge in [0.2, 0.25) is 0 Å². The smallest absolute Gasteiger partial charge is 0.134 e. The first kappa shape index (κ1) is 21.0. The predicted octanol–water partition coefficient (Wildman–Crippen LogP) is 8.62. The SMILES string of the molecule is C=Cc1ccccc1Oc1ccc(C(=C)c2ccc(Oc3ccccc3C=C)cc2)cc1. The van der Waals surface area contributed by atoms with Crippen LogP contribution in [0, 0.1) is 0 Å². The van der Waals surface area contributed by atoms with Gasteiger partial charge in [-0.2, -0.15) is 0 Å². The predicted molar refractivity (Wildman–Crippen MR) is 134 cm³/mol. The zero-order valence-electron chi connectivity index (χ0n) is 17.8. The molecule has 0 fully saturated rings. The topological polar surface area (TPSA) is 18.5 Å². The second-order valence-electron chi connectivity index (χ2n) is 7.22. The molecular weight excluding hydrogens is 392 g/mol. The molecule has 4 aromatic rings. The van der Waals surface area contributed by atoms with Crippen molar-refractivity contribution in [2.75, 3.05) is 0 Å². The van der Waals surface area contributed by atoms with Gasteiger partial charge in [0.1, 0.15) is 23.0 Å². The molecule has 0 bridgehead atoms. The minimum absolute atomic E-state index is 0.764. The van der Waals surface area contributed by atoms with Gasteiger partial charge >= 0.3 is 0 Å². The van der Waals surface area contributed by atoms with Crippen LogP contribution >= 0.6 is 0 Å². The summed E-state index contributed by atoms with van der Waals surface area (Å²) < 4.78 is 12.0. The van der Waals surface area contributed by atoms with Gasteiger partial charge in [0.25, 0.3) is 0 Å². The highest BCUT2D eigenvalue weighted by molar-refractivity contribution is 5.78. The lowest BCUT2D eigenvalue weighted by atomic mass is 9.99. The molecule has 0 unspecified atom stereocenters. The summed E-state index contributed by atoms with van der Waals surface area (Å²) >= 11 is 0. The summed E-state index contributed by atoms with van der Waals surface area (Å²) in [5, 5.41) is 0. The lowest BCUT2D eigenvalue weighted by Gasteiger charge is -2.12. The van der Waals surface area contributed by atoms with Crippen LogP contribution in [0.2, 0.25) is 0 Å². The molecule has 0 heterocycles. The molecule has 0 aromatic heterocycles. The normalized spacial score (nSPS) is 10.2. The molecule has 4 aromatic carbocycles. The molecule has 0 N–H and O–H groups in total. The second-order valence-corrected chi connectivity index (χ2v) is 7.22. The summed E-state index contributed by atoms with van der Waals surface area (Å²) in [6.45, 7) is 11.9. The van der Waals surface area contributed by atoms with E-state index in [-0.39, 0.29) is 0 Å². The van der Waals surface area contributed by atoms with E-state index in [1.807, 2.05) is 97.1 Å². The molecule has 2 nitrogen and oxygen atoms in total. The largest absolute Gasteiger partial charge is 0.457 e. The standard InChI is InChI=1S/C30H24O2/c1-4-23-10-6-8-12-29(23)31-27-18-14-25(15-19-27)22(3)26-16-20-28(21-17-26)32-30-13-9-7-11-24(30)5-2/h4-21H,1-3H2. The molecule has 0 atom stereocenters. The van der Waals surface area contributed by atoms with Crippen molar-refractivity contribution in [1.82, 2.24) is 0 Å². The quantitative estimate of drug-likeness (QED) is 0.286. The number of hydrogen-bond donors (Lipinski definition) is 0. The van der Waals surface area contributed by atoms with Crippen molar-refractivity contribution < 1.29 is 9.47 Å². The van der Waals surface area contributed by atoms with E-state index in [0.29, 0.717) is 0 Å². The molecular formula is C30H24O2. The number of ether oxygens (including phenoxy) is 2. The molecule has 0 saturated heterocycles. The number of benzene rings is 4. The molecule has 0 aliphatic carbocycles. The first-order chi connectivity index (χ1) is 15.7. The molecule has 0 radical (unpaired) electrons. The summed E-state index contributed by atoms with van der Waals surface area (Å²) in [7, 11) is 0. The van der Waals surface area contributed by atoms with Crippen LogP contribution in [0.4, 0.5) is 0 Å². The number of para-hydroxylation sites is 2. The van der Waals surface area contributed by atoms with Gasteiger partial charge < -0.3 is 9.47 Å². The van der Waals surface area contributed by atoms with E-state index < -0.39 is 0 Å². The van der Waals surface area contributed by atoms with Crippen LogP contribution < -0.4 is 9.47 Å². The van der Waals surface area contributed by atoms with Crippen molar-refractivity contribution in [2.45, 2.75) is 0 Å². The van der Waals surface area contributed by atoms with Gasteiger partial charge in [-0.1, -0.05) is 92.6 Å². The first-order valence-corrected chi connectivity index (χ1v) is 10.4. The zero-order valence-corrected chi connectivity index (χ0v) is 17.8. The third-order valence-electron chi connectivity index (χ3n) is 5.14. The molecule has 0 aliphatic heterocycles. The van der Waals surface area contributed by atoms with E-state index in [9.17, 15) is 0 Å². The second kappa shape index (κ2) is 9.67. The van der Waals surface area contributed by atoms with Crippen molar-refractivity contribution in [1.29, 1.82) is 0 Å². The van der Waals surface area contributed by atoms with E-state index in [0.717, 1.165) is 50.8 Å². The van der Waals surface area contributed by atoms with Crippen LogP contribution in [-0.4, -0.2) is 0 Å². The number of rotatable bonds is 8. The minimum Gasteiger partial charge on any atom is -0.457 e. The van der Waals surface area contributed by atoms with Gasteiger partial charge in [0.15, 0.2) is 0 Å². The monoisotopic (exact) mass is 416 g/mol. The first-order valence-electron chi connectivity index (χ1n) is 10.4. The van der Waals surface area contributed by atoms with Crippen molar-refractivity contribution in [2.24, 2.45) is 0 Å². The van der Waals surface area contributed by atoms with Crippen LogP contribution in [-0.2, 0) is 0 Å². The molecule has 32 heavy (non-hydrogen) atoms. The van der Waals surface area contributed by atoms with E-state index in [4.69, 9.17) is 9.47 Å². The average molecular weight is 417 g/mol. The Balaban J connectivity index is 1.46. The van der Waals surface area contributed by atoms with Gasteiger partial charge in [-0.3, -0.25) is 0 Å². The van der Waals surface area contributed by atoms with Crippen LogP contribution in [0.25, 0.3) is 17.7 Å². The van der Waals surface area contributed by atoms with Gasteiger partial charge in [0, 0.05) is 11.1 Å². The summed E-state index contributed by atoms with van der Waals surface area (Å²) in [5.41, 5.74) is 4.90. The Morgan fingerprint density at radius 1 is 0.531 bits per heavy atom. The van der Waals surface area contributed by atoms with Crippen LogP contribution in [0.1, 0.15) is 22.3 Å². The zero-order chi connectivity index (χ0) is 22.3. The Kier molecular flexibility index (Phi) is 6.33. The van der Waals surface area contributed by atoms with E-state index in [1.165, 1.54) is 0 Å². The lowest BCUT2D eigenvalue weighted by molar-refractivity contribution is 0.481. The van der Waals surface area contributed by atoms with Crippen LogP contribution in [0.15, 0.2) is 117 Å². The third-order valence-corrected chi connectivity index (χ3v) is 5.14. The maximum absolute atomic E-state index is 6.01. The fourth-order valence-electron chi connectivity index (χ4n) is 3.35. The van der Waals surface area contributed by atoms with E-state index >= 15 is 0 Å². The van der Waals surface area contributed by atoms with Crippen molar-refractivity contribution in [3.8, 4) is 23.0 Å². The van der Waals surface area contributed by atoms with Gasteiger partial charge in [-0.05, 0) is 53.1 Å². The number of hydrogen-bond acceptors (Lipinski definition) is 2. The highest BCUT2D eigenvalue weighted by Gasteiger charge is 2.07. The summed E-state index contributed by atoms with van der Waals surface area (Å²) in [5.74, 6) is 3.09. The Morgan fingerprint density at radius 3 is 1.28 bits per heavy atom. The Hall–Kier alpha value is -4.30. The average Bonchev–Trinajstić information content (AvgIpc) is 2.85. The molecule has 0 spiro atoms. The van der Waals surface area contributed by atoms with Crippen molar-refractivity contribution in [3.63, 3.8) is 0 Å². The summed E-state index contributed by atoms with van der Waals surface area (Å²) in [4.78, 5) is 0. The van der Waals surface area contributed by atoms with Gasteiger partial charge in [-0.15, -0.1) is 0 Å². The summed E-state index contributed by atoms with van der Waals surface area (Å²) in [6, 6.07) is 31.5. The van der Waals surface area contributed by atoms with E-state index in [2.05, 4.69) is 19.7 Å². The van der Waals surface area contributed by atoms with E-state index in [1.54, 1.807) is 12.2 Å². The van der Waals surface area contributed by atoms with Crippen molar-refractivity contribution in [3.05, 3.63) is 139 Å². The molecule has 4 rings (SSSR count). The molecule has 0 amide bonds. The van der Waals surface area contributed by atoms with Crippen molar-refractivity contribution >= 4 is 17.7 Å². The van der Waals surface area contributed by atoms with Crippen LogP contribution in [0.3, 0.4) is 0 Å². The van der Waals surface area contributed by atoms with Gasteiger partial charge in [0.05, 0.1) is 0 Å². The Bertz CT molecular complexity index is 1150. The Morgan fingerprint density at radius 2 is 0.906 bits per heavy atom. The molecule has 156 valence electrons. The third kappa shape index (κ3) is 4.71. The minimum atomic E-state index is 0.764. The fourth-order valence-corrected chi connectivity index (χ4v) is 3.35.